The number of esters is 1. The fraction of sp³-hybridized carbons (Fsp3) is 0.486. The number of aromatic nitrogens is 3. The number of benzene rings is 2. The number of nitriles is 1. The van der Waals surface area contributed by atoms with Crippen molar-refractivity contribution in [3.63, 3.8) is 0 Å². The molecule has 0 aliphatic heterocycles. The number of unbranched alkanes of at least 4 members (excludes halogenated alkanes) is 5. The minimum atomic E-state index is -0.446. The summed E-state index contributed by atoms with van der Waals surface area (Å²) in [7, 11) is 0. The lowest BCUT2D eigenvalue weighted by Crippen LogP contribution is -2.26. The van der Waals surface area contributed by atoms with Crippen LogP contribution < -0.4 is 4.90 Å². The second-order valence-electron chi connectivity index (χ2n) is 12.3. The minimum Gasteiger partial charge on any atom is -0.466 e. The normalized spacial score (nSPS) is 11.8. The third-order valence-electron chi connectivity index (χ3n) is 7.59. The van der Waals surface area contributed by atoms with Crippen LogP contribution in [0.1, 0.15) is 97.2 Å². The van der Waals surface area contributed by atoms with E-state index in [1.54, 1.807) is 0 Å². The van der Waals surface area contributed by atoms with Gasteiger partial charge in [0.05, 0.1) is 17.3 Å². The first-order valence-electron chi connectivity index (χ1n) is 16.2. The van der Waals surface area contributed by atoms with Crippen molar-refractivity contribution in [1.82, 2.24) is 14.8 Å². The molecule has 0 saturated heterocycles. The third kappa shape index (κ3) is 8.94. The number of azo groups is 1. The number of carbonyl (C=O) groups excluding carboxylic acids is 1. The lowest BCUT2D eigenvalue weighted by Gasteiger charge is -2.25. The molecule has 10 nitrogen and oxygen atoms in total. The average molecular weight is 646 g/mol. The van der Waals surface area contributed by atoms with Crippen LogP contribution in [0.4, 0.5) is 17.2 Å². The first kappa shape index (κ1) is 34.6. The number of hydrogen-bond acceptors (Lipinski definition) is 9. The predicted octanol–water partition coefficient (Wildman–Crippen LogP) is 9.76. The molecule has 2 heterocycles. The minimum absolute atomic E-state index is 0.181. The number of rotatable bonds is 16. The fourth-order valence-electron chi connectivity index (χ4n) is 5.19. The lowest BCUT2D eigenvalue weighted by atomic mass is 9.90. The van der Waals surface area contributed by atoms with Crippen LogP contribution in [0.3, 0.4) is 0 Å². The molecular weight excluding hydrogens is 602 g/mol. The zero-order chi connectivity index (χ0) is 33.1. The number of para-hydroxylation sites is 2. The Labute approximate surface area is 276 Å². The molecule has 0 amide bonds. The van der Waals surface area contributed by atoms with E-state index in [0.717, 1.165) is 25.1 Å². The van der Waals surface area contributed by atoms with Gasteiger partial charge in [0.25, 0.3) is 0 Å². The van der Waals surface area contributed by atoms with Crippen molar-refractivity contribution in [3.8, 4) is 12.1 Å². The molecule has 0 radical (unpaired) electrons. The maximum absolute atomic E-state index is 12.0. The van der Waals surface area contributed by atoms with Crippen LogP contribution in [0.15, 0.2) is 57.1 Å². The number of carbonyl (C=O) groups is 1. The predicted molar refractivity (Wildman–Crippen MR) is 182 cm³/mol. The summed E-state index contributed by atoms with van der Waals surface area (Å²) in [5, 5.41) is 24.2. The van der Waals surface area contributed by atoms with Crippen molar-refractivity contribution < 1.29 is 13.9 Å². The van der Waals surface area contributed by atoms with Crippen molar-refractivity contribution in [2.24, 2.45) is 10.2 Å². The van der Waals surface area contributed by atoms with Gasteiger partial charge < -0.3 is 14.1 Å². The highest BCUT2D eigenvalue weighted by atomic mass is 35.5. The first-order valence-corrected chi connectivity index (χ1v) is 16.6. The Bertz CT molecular complexity index is 1650. The van der Waals surface area contributed by atoms with Gasteiger partial charge in [-0.3, -0.25) is 4.79 Å². The molecule has 11 heteroatoms. The topological polar surface area (TPSA) is 122 Å². The summed E-state index contributed by atoms with van der Waals surface area (Å²) in [6.45, 7) is 11.9. The molecule has 0 aliphatic carbocycles. The van der Waals surface area contributed by atoms with Gasteiger partial charge in [-0.05, 0) is 50.1 Å². The molecule has 0 saturated carbocycles. The Morgan fingerprint density at radius 2 is 1.78 bits per heavy atom. The molecule has 4 aromatic rings. The Balaban J connectivity index is 1.60. The molecule has 0 unspecified atom stereocenters. The summed E-state index contributed by atoms with van der Waals surface area (Å²) < 4.78 is 12.5. The molecule has 0 aliphatic rings. The number of oxazole rings is 1. The third-order valence-corrected chi connectivity index (χ3v) is 7.89. The van der Waals surface area contributed by atoms with Crippen LogP contribution in [0.2, 0.25) is 5.02 Å². The van der Waals surface area contributed by atoms with Gasteiger partial charge in [-0.1, -0.05) is 83.5 Å². The van der Waals surface area contributed by atoms with Gasteiger partial charge >= 0.3 is 12.0 Å². The molecule has 4 rings (SSSR count). The molecule has 0 bridgehead atoms. The summed E-state index contributed by atoms with van der Waals surface area (Å²) in [4.78, 5) is 18.8. The number of halogens is 1. The zero-order valence-corrected chi connectivity index (χ0v) is 28.3. The monoisotopic (exact) mass is 645 g/mol. The van der Waals surface area contributed by atoms with Gasteiger partial charge in [-0.25, -0.2) is 0 Å². The van der Waals surface area contributed by atoms with E-state index < -0.39 is 5.41 Å². The fourth-order valence-corrected chi connectivity index (χ4v) is 5.40. The van der Waals surface area contributed by atoms with E-state index in [1.165, 1.54) is 30.4 Å². The SMILES string of the molecule is CCCCCCCCN(CCCC(=O)OCC)c1ccc(N=Nc2c(C#N)c(C(C)(C)C)nn2-c2nc3ccccc3o2)c(Cl)c1. The van der Waals surface area contributed by atoms with E-state index >= 15 is 0 Å². The number of nitrogens with zero attached hydrogens (tertiary/aromatic N) is 7. The van der Waals surface area contributed by atoms with Gasteiger partial charge in [0.1, 0.15) is 22.8 Å². The smallest absolute Gasteiger partial charge is 0.325 e. The maximum atomic E-state index is 12.0. The Hall–Kier alpha value is -4.23. The van der Waals surface area contributed by atoms with E-state index in [1.807, 2.05) is 70.2 Å². The second kappa shape index (κ2) is 16.4. The van der Waals surface area contributed by atoms with Crippen LogP contribution >= 0.6 is 11.6 Å². The van der Waals surface area contributed by atoms with Crippen molar-refractivity contribution >= 4 is 45.9 Å². The highest BCUT2D eigenvalue weighted by Gasteiger charge is 2.29. The van der Waals surface area contributed by atoms with E-state index in [4.69, 9.17) is 25.9 Å². The van der Waals surface area contributed by atoms with Crippen LogP contribution in [-0.4, -0.2) is 40.4 Å². The van der Waals surface area contributed by atoms with Crippen LogP contribution in [0.5, 0.6) is 0 Å². The number of ether oxygens (including phenoxy) is 1. The van der Waals surface area contributed by atoms with Gasteiger partial charge in [-0.2, -0.15) is 20.0 Å². The van der Waals surface area contributed by atoms with E-state index in [-0.39, 0.29) is 23.4 Å². The summed E-state index contributed by atoms with van der Waals surface area (Å²) in [5.41, 5.74) is 3.06. The van der Waals surface area contributed by atoms with Gasteiger partial charge in [-0.15, -0.1) is 10.2 Å². The summed E-state index contributed by atoms with van der Waals surface area (Å²) in [6.07, 6.45) is 8.20. The average Bonchev–Trinajstić information content (AvgIpc) is 3.63. The summed E-state index contributed by atoms with van der Waals surface area (Å²) in [5.74, 6) is 0.0297. The highest BCUT2D eigenvalue weighted by molar-refractivity contribution is 6.33. The molecule has 244 valence electrons. The number of fused-ring (bicyclic) bond motifs is 1. The summed E-state index contributed by atoms with van der Waals surface area (Å²) >= 11 is 6.77. The first-order chi connectivity index (χ1) is 22.2. The van der Waals surface area contributed by atoms with Crippen LogP contribution in [0.25, 0.3) is 17.1 Å². The standard InChI is InChI=1S/C35H44ClN7O3/c1-6-8-9-10-11-14-21-42(22-15-18-31(44)45-7-2)25-19-20-28(27(36)23-25)39-40-33-26(24-37)32(35(3,4)5)41-43(33)34-38-29-16-12-13-17-30(29)46-34/h12-13,16-17,19-20,23H,6-11,14-15,18,21-22H2,1-5H3. The molecule has 0 spiro atoms. The number of hydrogen-bond donors (Lipinski definition) is 0. The molecule has 0 atom stereocenters. The molecule has 0 fully saturated rings. The lowest BCUT2D eigenvalue weighted by molar-refractivity contribution is -0.143. The zero-order valence-electron chi connectivity index (χ0n) is 27.6. The maximum Gasteiger partial charge on any atom is 0.325 e. The molecule has 2 aromatic carbocycles. The Kier molecular flexibility index (Phi) is 12.3. The van der Waals surface area contributed by atoms with Gasteiger partial charge in [0, 0.05) is 30.6 Å². The summed E-state index contributed by atoms with van der Waals surface area (Å²) in [6, 6.07) is 15.5. The van der Waals surface area contributed by atoms with E-state index in [9.17, 15) is 10.1 Å². The van der Waals surface area contributed by atoms with Crippen LogP contribution in [-0.2, 0) is 14.9 Å². The van der Waals surface area contributed by atoms with Crippen molar-refractivity contribution in [1.29, 1.82) is 5.26 Å². The van der Waals surface area contributed by atoms with Crippen molar-refractivity contribution in [2.45, 2.75) is 91.4 Å². The second-order valence-corrected chi connectivity index (χ2v) is 12.7. The van der Waals surface area contributed by atoms with Gasteiger partial charge in [0.2, 0.25) is 5.82 Å². The van der Waals surface area contributed by atoms with Crippen molar-refractivity contribution in [2.75, 3.05) is 24.6 Å². The Morgan fingerprint density at radius 1 is 1.04 bits per heavy atom. The molecule has 2 aromatic heterocycles. The largest absolute Gasteiger partial charge is 0.466 e. The van der Waals surface area contributed by atoms with E-state index in [0.29, 0.717) is 53.5 Å². The van der Waals surface area contributed by atoms with Crippen LogP contribution in [0, 0.1) is 11.3 Å². The van der Waals surface area contributed by atoms with E-state index in [2.05, 4.69) is 33.1 Å². The highest BCUT2D eigenvalue weighted by Crippen LogP contribution is 2.36. The molecule has 46 heavy (non-hydrogen) atoms. The number of anilines is 1. The Morgan fingerprint density at radius 3 is 2.48 bits per heavy atom. The molecular formula is C35H44ClN7O3. The quantitative estimate of drug-likeness (QED) is 0.0675. The van der Waals surface area contributed by atoms with Crippen molar-refractivity contribution in [3.05, 3.63) is 58.7 Å². The van der Waals surface area contributed by atoms with Gasteiger partial charge in [0.15, 0.2) is 5.58 Å². The molecule has 0 N–H and O–H groups in total.